The van der Waals surface area contributed by atoms with E-state index in [4.69, 9.17) is 5.73 Å². The second kappa shape index (κ2) is 6.17. The summed E-state index contributed by atoms with van der Waals surface area (Å²) in [7, 11) is 0. The van der Waals surface area contributed by atoms with Crippen LogP contribution < -0.4 is 5.73 Å². The summed E-state index contributed by atoms with van der Waals surface area (Å²) < 4.78 is 4.67. The third-order valence-electron chi connectivity index (χ3n) is 2.24. The van der Waals surface area contributed by atoms with Crippen LogP contribution >= 0.6 is 0 Å². The van der Waals surface area contributed by atoms with Gasteiger partial charge in [-0.25, -0.2) is 4.98 Å². The van der Waals surface area contributed by atoms with Crippen molar-refractivity contribution >= 4 is 11.8 Å². The molecule has 0 fully saturated rings. The fourth-order valence-electron chi connectivity index (χ4n) is 1.39. The van der Waals surface area contributed by atoms with E-state index in [9.17, 15) is 15.0 Å². The minimum Gasteiger partial charge on any atom is -0.466 e. The molecule has 0 radical (unpaired) electrons. The molecule has 0 saturated heterocycles. The Bertz CT molecular complexity index is 383. The molecule has 2 atom stereocenters. The van der Waals surface area contributed by atoms with Crippen LogP contribution in [0.15, 0.2) is 18.3 Å². The molecule has 0 amide bonds. The lowest BCUT2D eigenvalue weighted by Crippen LogP contribution is -2.24. The molecule has 0 aliphatic heterocycles. The molecular weight excluding hydrogens is 224 g/mol. The van der Waals surface area contributed by atoms with Gasteiger partial charge in [-0.2, -0.15) is 0 Å². The monoisotopic (exact) mass is 240 g/mol. The van der Waals surface area contributed by atoms with Gasteiger partial charge in [-0.15, -0.1) is 0 Å². The first-order valence-corrected chi connectivity index (χ1v) is 5.28. The van der Waals surface area contributed by atoms with Crippen LogP contribution in [0.3, 0.4) is 0 Å². The van der Waals surface area contributed by atoms with E-state index in [0.29, 0.717) is 5.56 Å². The summed E-state index contributed by atoms with van der Waals surface area (Å²) in [6.07, 6.45) is -1.33. The van der Waals surface area contributed by atoms with Gasteiger partial charge in [0.25, 0.3) is 0 Å². The average Bonchev–Trinajstić information content (AvgIpc) is 2.29. The third-order valence-corrected chi connectivity index (χ3v) is 2.24. The topological polar surface area (TPSA) is 106 Å². The highest BCUT2D eigenvalue weighted by molar-refractivity contribution is 5.70. The molecule has 0 spiro atoms. The van der Waals surface area contributed by atoms with Crippen LogP contribution in [0.4, 0.5) is 5.82 Å². The molecular formula is C11H16N2O4. The Hall–Kier alpha value is -1.66. The molecule has 4 N–H and O–H groups in total. The lowest BCUT2D eigenvalue weighted by Gasteiger charge is -2.18. The molecule has 1 heterocycles. The van der Waals surface area contributed by atoms with E-state index in [0.717, 1.165) is 0 Å². The number of aliphatic hydroxyl groups excluding tert-OH is 2. The van der Waals surface area contributed by atoms with Crippen LogP contribution in [0.25, 0.3) is 0 Å². The molecule has 0 saturated carbocycles. The molecule has 6 heteroatoms. The molecule has 0 aliphatic carbocycles. The Morgan fingerprint density at radius 2 is 2.29 bits per heavy atom. The number of hydrogen-bond acceptors (Lipinski definition) is 6. The maximum atomic E-state index is 11.1. The highest BCUT2D eigenvalue weighted by atomic mass is 16.5. The molecule has 2 unspecified atom stereocenters. The fraction of sp³-hybridized carbons (Fsp3) is 0.455. The number of rotatable bonds is 5. The number of hydrogen-bond donors (Lipinski definition) is 3. The lowest BCUT2D eigenvalue weighted by atomic mass is 10.0. The Morgan fingerprint density at radius 3 is 2.88 bits per heavy atom. The summed E-state index contributed by atoms with van der Waals surface area (Å²) in [5, 5.41) is 19.5. The van der Waals surface area contributed by atoms with Crippen molar-refractivity contribution in [1.29, 1.82) is 0 Å². The normalized spacial score (nSPS) is 14.1. The third kappa shape index (κ3) is 3.69. The van der Waals surface area contributed by atoms with Gasteiger partial charge in [0.2, 0.25) is 0 Å². The molecule has 1 aromatic rings. The molecule has 0 aliphatic rings. The van der Waals surface area contributed by atoms with Crippen molar-refractivity contribution in [2.24, 2.45) is 0 Å². The van der Waals surface area contributed by atoms with E-state index in [1.54, 1.807) is 19.1 Å². The van der Waals surface area contributed by atoms with Gasteiger partial charge < -0.3 is 20.7 Å². The number of nitrogen functional groups attached to an aromatic ring is 1. The number of carbonyl (C=O) groups excluding carboxylic acids is 1. The molecule has 1 rings (SSSR count). The molecule has 1 aromatic heterocycles. The second-order valence-electron chi connectivity index (χ2n) is 3.50. The summed E-state index contributed by atoms with van der Waals surface area (Å²) in [5.41, 5.74) is 5.85. The summed E-state index contributed by atoms with van der Waals surface area (Å²) >= 11 is 0. The van der Waals surface area contributed by atoms with Gasteiger partial charge >= 0.3 is 5.97 Å². The number of carbonyl (C=O) groups is 1. The number of aliphatic hydroxyl groups is 2. The van der Waals surface area contributed by atoms with Crippen molar-refractivity contribution in [3.05, 3.63) is 23.9 Å². The van der Waals surface area contributed by atoms with Crippen LogP contribution in [-0.4, -0.2) is 33.9 Å². The fourth-order valence-corrected chi connectivity index (χ4v) is 1.39. The van der Waals surface area contributed by atoms with Gasteiger partial charge in [-0.05, 0) is 13.0 Å². The van der Waals surface area contributed by atoms with E-state index in [1.165, 1.54) is 6.20 Å². The Balaban J connectivity index is 2.67. The maximum absolute atomic E-state index is 11.1. The van der Waals surface area contributed by atoms with Crippen molar-refractivity contribution in [3.63, 3.8) is 0 Å². The molecule has 0 bridgehead atoms. The van der Waals surface area contributed by atoms with Gasteiger partial charge in [0.05, 0.1) is 19.1 Å². The van der Waals surface area contributed by atoms with Gasteiger partial charge in [-0.3, -0.25) is 4.79 Å². The zero-order chi connectivity index (χ0) is 12.8. The number of nitrogens with zero attached hydrogens (tertiary/aromatic N) is 1. The van der Waals surface area contributed by atoms with Crippen molar-refractivity contribution in [2.45, 2.75) is 25.6 Å². The summed E-state index contributed by atoms with van der Waals surface area (Å²) in [4.78, 5) is 14.9. The Labute approximate surface area is 99.0 Å². The predicted octanol–water partition coefficient (Wildman–Crippen LogP) is 0.0113. The largest absolute Gasteiger partial charge is 0.466 e. The quantitative estimate of drug-likeness (QED) is 0.626. The zero-order valence-electron chi connectivity index (χ0n) is 9.54. The van der Waals surface area contributed by atoms with Crippen LogP contribution in [0.1, 0.15) is 25.0 Å². The van der Waals surface area contributed by atoms with Crippen LogP contribution in [0.5, 0.6) is 0 Å². The molecule has 94 valence electrons. The molecule has 6 nitrogen and oxygen atoms in total. The Morgan fingerprint density at radius 1 is 1.59 bits per heavy atom. The number of aromatic nitrogens is 1. The van der Waals surface area contributed by atoms with Crippen LogP contribution in [0.2, 0.25) is 0 Å². The second-order valence-corrected chi connectivity index (χ2v) is 3.50. The number of esters is 1. The smallest absolute Gasteiger partial charge is 0.308 e. The summed E-state index contributed by atoms with van der Waals surface area (Å²) in [5.74, 6) is -0.440. The number of anilines is 1. The van der Waals surface area contributed by atoms with Gasteiger partial charge in [0.1, 0.15) is 11.9 Å². The molecule has 17 heavy (non-hydrogen) atoms. The van der Waals surface area contributed by atoms with E-state index in [1.807, 2.05) is 0 Å². The highest BCUT2D eigenvalue weighted by Crippen LogP contribution is 2.22. The van der Waals surface area contributed by atoms with E-state index >= 15 is 0 Å². The predicted molar refractivity (Wildman–Crippen MR) is 60.9 cm³/mol. The molecule has 0 aromatic carbocycles. The van der Waals surface area contributed by atoms with Crippen molar-refractivity contribution in [3.8, 4) is 0 Å². The van der Waals surface area contributed by atoms with Gasteiger partial charge in [0.15, 0.2) is 0 Å². The minimum absolute atomic E-state index is 0.128. The summed E-state index contributed by atoms with van der Waals surface area (Å²) in [6.45, 7) is 1.90. The highest BCUT2D eigenvalue weighted by Gasteiger charge is 2.23. The maximum Gasteiger partial charge on any atom is 0.308 e. The van der Waals surface area contributed by atoms with Crippen molar-refractivity contribution < 1.29 is 19.7 Å². The number of nitrogens with two attached hydrogens (primary N) is 1. The lowest BCUT2D eigenvalue weighted by molar-refractivity contribution is -0.147. The van der Waals surface area contributed by atoms with Gasteiger partial charge in [-0.1, -0.05) is 6.07 Å². The number of ether oxygens (including phenoxy) is 1. The minimum atomic E-state index is -1.26. The van der Waals surface area contributed by atoms with Crippen LogP contribution in [-0.2, 0) is 9.53 Å². The van der Waals surface area contributed by atoms with E-state index in [-0.39, 0.29) is 18.8 Å². The SMILES string of the molecule is CCOC(=O)CC(O)C(O)c1cccnc1N. The number of pyridine rings is 1. The first kappa shape index (κ1) is 13.4. The average molecular weight is 240 g/mol. The zero-order valence-corrected chi connectivity index (χ0v) is 9.54. The van der Waals surface area contributed by atoms with E-state index in [2.05, 4.69) is 9.72 Å². The van der Waals surface area contributed by atoms with E-state index < -0.39 is 18.2 Å². The standard InChI is InChI=1S/C11H16N2O4/c1-2-17-9(15)6-8(14)10(16)7-4-3-5-13-11(7)12/h3-5,8,10,14,16H,2,6H2,1H3,(H2,12,13). The first-order valence-electron chi connectivity index (χ1n) is 5.28. The van der Waals surface area contributed by atoms with Gasteiger partial charge in [0, 0.05) is 11.8 Å². The summed E-state index contributed by atoms with van der Waals surface area (Å²) in [6, 6.07) is 3.13. The Kier molecular flexibility index (Phi) is 4.86. The first-order chi connectivity index (χ1) is 8.06. The van der Waals surface area contributed by atoms with Crippen molar-refractivity contribution in [2.75, 3.05) is 12.3 Å². The van der Waals surface area contributed by atoms with Crippen LogP contribution in [0, 0.1) is 0 Å². The van der Waals surface area contributed by atoms with Crippen molar-refractivity contribution in [1.82, 2.24) is 4.98 Å².